The van der Waals surface area contributed by atoms with E-state index in [4.69, 9.17) is 10.5 Å². The Kier molecular flexibility index (Phi) is 8.05. The average molecular weight is 546 g/mol. The summed E-state index contributed by atoms with van der Waals surface area (Å²) >= 11 is 0. The summed E-state index contributed by atoms with van der Waals surface area (Å²) in [6, 6.07) is 14.1. The molecular formula is C27H27F4N5O3. The SMILES string of the molecule is CC(NC(=O)CN1CCN(c2ncccc2C(F)(F)F)CC1)(C(N)=O)c1ccc(Oc2ccc(F)cc2)cc1. The van der Waals surface area contributed by atoms with Crippen molar-refractivity contribution in [2.75, 3.05) is 37.6 Å². The van der Waals surface area contributed by atoms with Crippen LogP contribution < -0.4 is 20.7 Å². The van der Waals surface area contributed by atoms with Crippen LogP contribution >= 0.6 is 0 Å². The smallest absolute Gasteiger partial charge is 0.419 e. The Balaban J connectivity index is 1.36. The van der Waals surface area contributed by atoms with Crippen LogP contribution in [-0.2, 0) is 21.3 Å². The topological polar surface area (TPSA) is 101 Å². The molecule has 39 heavy (non-hydrogen) atoms. The Labute approximate surface area is 222 Å². The van der Waals surface area contributed by atoms with Crippen LogP contribution in [0.3, 0.4) is 0 Å². The highest BCUT2D eigenvalue weighted by atomic mass is 19.4. The molecule has 3 N–H and O–H groups in total. The minimum Gasteiger partial charge on any atom is -0.457 e. The molecule has 0 spiro atoms. The second kappa shape index (κ2) is 11.3. The van der Waals surface area contributed by atoms with Crippen LogP contribution in [0.25, 0.3) is 0 Å². The van der Waals surface area contributed by atoms with E-state index in [0.29, 0.717) is 30.2 Å². The van der Waals surface area contributed by atoms with Gasteiger partial charge in [-0.1, -0.05) is 12.1 Å². The normalized spacial score (nSPS) is 15.9. The summed E-state index contributed by atoms with van der Waals surface area (Å²) in [6.07, 6.45) is -3.21. The minimum absolute atomic E-state index is 0.0726. The quantitative estimate of drug-likeness (QED) is 0.419. The van der Waals surface area contributed by atoms with Gasteiger partial charge in [-0.2, -0.15) is 13.2 Å². The summed E-state index contributed by atoms with van der Waals surface area (Å²) in [7, 11) is 0. The number of carbonyl (C=O) groups excluding carboxylic acids is 2. The number of benzene rings is 2. The zero-order chi connectivity index (χ0) is 28.2. The van der Waals surface area contributed by atoms with E-state index in [2.05, 4.69) is 10.3 Å². The summed E-state index contributed by atoms with van der Waals surface area (Å²) in [5, 5.41) is 2.69. The Bertz CT molecular complexity index is 1310. The molecule has 0 radical (unpaired) electrons. The third-order valence-electron chi connectivity index (χ3n) is 6.49. The lowest BCUT2D eigenvalue weighted by Gasteiger charge is -2.36. The number of hydrogen-bond donors (Lipinski definition) is 2. The summed E-state index contributed by atoms with van der Waals surface area (Å²) in [4.78, 5) is 32.5. The number of nitrogens with one attached hydrogen (secondary N) is 1. The van der Waals surface area contributed by atoms with Gasteiger partial charge in [-0.25, -0.2) is 9.37 Å². The number of ether oxygens (including phenoxy) is 1. The molecule has 1 fully saturated rings. The number of amides is 2. The number of nitrogens with two attached hydrogens (primary N) is 1. The van der Waals surface area contributed by atoms with Crippen molar-refractivity contribution < 1.29 is 31.9 Å². The van der Waals surface area contributed by atoms with E-state index < -0.39 is 34.9 Å². The van der Waals surface area contributed by atoms with Crippen LogP contribution in [0, 0.1) is 5.82 Å². The van der Waals surface area contributed by atoms with Gasteiger partial charge in [-0.05, 0) is 61.0 Å². The molecule has 4 rings (SSSR count). The second-order valence-electron chi connectivity index (χ2n) is 9.25. The summed E-state index contributed by atoms with van der Waals surface area (Å²) in [5.74, 6) is -0.914. The maximum Gasteiger partial charge on any atom is 0.419 e. The second-order valence-corrected chi connectivity index (χ2v) is 9.25. The fourth-order valence-electron chi connectivity index (χ4n) is 4.28. The molecular weight excluding hydrogens is 518 g/mol. The highest BCUT2D eigenvalue weighted by molar-refractivity contribution is 5.91. The van der Waals surface area contributed by atoms with Gasteiger partial charge < -0.3 is 20.7 Å². The van der Waals surface area contributed by atoms with Crippen molar-refractivity contribution in [1.82, 2.24) is 15.2 Å². The molecule has 2 aromatic carbocycles. The Morgan fingerprint density at radius 3 is 2.13 bits per heavy atom. The van der Waals surface area contributed by atoms with Crippen molar-refractivity contribution in [3.8, 4) is 11.5 Å². The third-order valence-corrected chi connectivity index (χ3v) is 6.49. The number of rotatable bonds is 8. The maximum absolute atomic E-state index is 13.4. The molecule has 1 aliphatic heterocycles. The number of halogens is 4. The first-order valence-electron chi connectivity index (χ1n) is 12.1. The van der Waals surface area contributed by atoms with Gasteiger partial charge in [0.2, 0.25) is 11.8 Å². The lowest BCUT2D eigenvalue weighted by Crippen LogP contribution is -2.56. The molecule has 8 nitrogen and oxygen atoms in total. The van der Waals surface area contributed by atoms with E-state index in [1.807, 2.05) is 0 Å². The zero-order valence-corrected chi connectivity index (χ0v) is 21.0. The number of piperazine rings is 1. The van der Waals surface area contributed by atoms with Crippen molar-refractivity contribution in [2.45, 2.75) is 18.6 Å². The van der Waals surface area contributed by atoms with Gasteiger partial charge in [0.05, 0.1) is 12.1 Å². The predicted molar refractivity (Wildman–Crippen MR) is 135 cm³/mol. The van der Waals surface area contributed by atoms with Crippen LogP contribution in [0.5, 0.6) is 11.5 Å². The van der Waals surface area contributed by atoms with E-state index in [-0.39, 0.29) is 25.5 Å². The van der Waals surface area contributed by atoms with E-state index in [9.17, 15) is 27.2 Å². The molecule has 1 saturated heterocycles. The first-order chi connectivity index (χ1) is 18.5. The van der Waals surface area contributed by atoms with E-state index >= 15 is 0 Å². The monoisotopic (exact) mass is 545 g/mol. The molecule has 3 aromatic rings. The highest BCUT2D eigenvalue weighted by Gasteiger charge is 2.37. The predicted octanol–water partition coefficient (Wildman–Crippen LogP) is 3.67. The van der Waals surface area contributed by atoms with Gasteiger partial charge in [0.15, 0.2) is 0 Å². The first-order valence-corrected chi connectivity index (χ1v) is 12.1. The van der Waals surface area contributed by atoms with Crippen LogP contribution in [0.4, 0.5) is 23.4 Å². The molecule has 2 amide bonds. The van der Waals surface area contributed by atoms with E-state index in [1.165, 1.54) is 43.5 Å². The van der Waals surface area contributed by atoms with E-state index in [0.717, 1.165) is 6.07 Å². The Hall–Kier alpha value is -4.19. The minimum atomic E-state index is -4.52. The summed E-state index contributed by atoms with van der Waals surface area (Å²) in [5.41, 5.74) is 3.75. The molecule has 2 heterocycles. The van der Waals surface area contributed by atoms with Gasteiger partial charge >= 0.3 is 6.18 Å². The van der Waals surface area contributed by atoms with Crippen LogP contribution in [0.1, 0.15) is 18.1 Å². The fraction of sp³-hybridized carbons (Fsp3) is 0.296. The molecule has 1 aromatic heterocycles. The van der Waals surface area contributed by atoms with Crippen molar-refractivity contribution in [1.29, 1.82) is 0 Å². The average Bonchev–Trinajstić information content (AvgIpc) is 2.90. The molecule has 0 aliphatic carbocycles. The zero-order valence-electron chi connectivity index (χ0n) is 21.0. The first kappa shape index (κ1) is 27.8. The largest absolute Gasteiger partial charge is 0.457 e. The van der Waals surface area contributed by atoms with Gasteiger partial charge in [0.1, 0.15) is 28.7 Å². The molecule has 1 atom stereocenters. The number of nitrogens with zero attached hydrogens (tertiary/aromatic N) is 3. The fourth-order valence-corrected chi connectivity index (χ4v) is 4.28. The van der Waals surface area contributed by atoms with Crippen LogP contribution in [0.2, 0.25) is 0 Å². The molecule has 206 valence electrons. The van der Waals surface area contributed by atoms with E-state index in [1.54, 1.807) is 34.1 Å². The standard InChI is InChI=1S/C27H27F4N5O3/c1-26(25(32)38,18-4-8-20(9-5-18)39-21-10-6-19(28)7-11-21)34-23(37)17-35-13-15-36(16-14-35)24-22(27(29,30)31)3-2-12-33-24/h2-12H,13-17H2,1H3,(H2,32,38)(H,34,37). The number of primary amides is 1. The Morgan fingerprint density at radius 2 is 1.56 bits per heavy atom. The van der Waals surface area contributed by atoms with Gasteiger partial charge in [-0.3, -0.25) is 14.5 Å². The van der Waals surface area contributed by atoms with Gasteiger partial charge in [-0.15, -0.1) is 0 Å². The van der Waals surface area contributed by atoms with Gasteiger partial charge in [0.25, 0.3) is 0 Å². The number of aromatic nitrogens is 1. The Morgan fingerprint density at radius 1 is 0.974 bits per heavy atom. The number of hydrogen-bond acceptors (Lipinski definition) is 6. The molecule has 0 bridgehead atoms. The molecule has 1 aliphatic rings. The van der Waals surface area contributed by atoms with Crippen molar-refractivity contribution >= 4 is 17.6 Å². The van der Waals surface area contributed by atoms with Crippen LogP contribution in [-0.4, -0.2) is 54.4 Å². The number of anilines is 1. The lowest BCUT2D eigenvalue weighted by atomic mass is 9.91. The van der Waals surface area contributed by atoms with Crippen LogP contribution in [0.15, 0.2) is 66.9 Å². The summed E-state index contributed by atoms with van der Waals surface area (Å²) in [6.45, 7) is 2.55. The van der Waals surface area contributed by atoms with Crippen molar-refractivity contribution in [3.63, 3.8) is 0 Å². The summed E-state index contributed by atoms with van der Waals surface area (Å²) < 4.78 is 58.8. The third kappa shape index (κ3) is 6.63. The molecule has 12 heteroatoms. The molecule has 0 saturated carbocycles. The number of carbonyl (C=O) groups is 2. The van der Waals surface area contributed by atoms with Crippen molar-refractivity contribution in [2.24, 2.45) is 5.73 Å². The number of pyridine rings is 1. The number of alkyl halides is 3. The molecule has 1 unspecified atom stereocenters. The van der Waals surface area contributed by atoms with Crippen molar-refractivity contribution in [3.05, 3.63) is 83.8 Å². The highest BCUT2D eigenvalue weighted by Crippen LogP contribution is 2.35. The van der Waals surface area contributed by atoms with Gasteiger partial charge in [0, 0.05) is 32.4 Å². The maximum atomic E-state index is 13.4. The lowest BCUT2D eigenvalue weighted by molar-refractivity contribution is -0.137.